The molecule has 2 aromatic rings. The summed E-state index contributed by atoms with van der Waals surface area (Å²) in [5.41, 5.74) is 3.32. The summed E-state index contributed by atoms with van der Waals surface area (Å²) in [5.74, 6) is -0.724. The molecule has 0 aliphatic heterocycles. The number of hydrogen-bond acceptors (Lipinski definition) is 3. The van der Waals surface area contributed by atoms with Gasteiger partial charge < -0.3 is 15.5 Å². The van der Waals surface area contributed by atoms with Crippen LogP contribution in [0, 0.1) is 12.7 Å². The van der Waals surface area contributed by atoms with Crippen molar-refractivity contribution in [1.82, 2.24) is 0 Å². The highest BCUT2D eigenvalue weighted by Crippen LogP contribution is 2.22. The van der Waals surface area contributed by atoms with Crippen molar-refractivity contribution in [3.8, 4) is 0 Å². The lowest BCUT2D eigenvalue weighted by atomic mass is 10.1. The maximum absolute atomic E-state index is 13.5. The van der Waals surface area contributed by atoms with Crippen molar-refractivity contribution in [2.45, 2.75) is 20.8 Å². The largest absolute Gasteiger partial charge is 0.376 e. The molecule has 0 atom stereocenters. The highest BCUT2D eigenvalue weighted by molar-refractivity contribution is 5.94. The van der Waals surface area contributed by atoms with Crippen LogP contribution in [0.25, 0.3) is 0 Å². The van der Waals surface area contributed by atoms with Gasteiger partial charge in [0.15, 0.2) is 0 Å². The zero-order valence-electron chi connectivity index (χ0n) is 14.4. The topological polar surface area (TPSA) is 44.4 Å². The molecule has 24 heavy (non-hydrogen) atoms. The number of anilines is 3. The average Bonchev–Trinajstić information content (AvgIpc) is 2.57. The lowest BCUT2D eigenvalue weighted by Gasteiger charge is -2.22. The Balaban J connectivity index is 1.96. The molecular weight excluding hydrogens is 305 g/mol. The number of para-hydroxylation sites is 1. The first-order valence-electron chi connectivity index (χ1n) is 8.19. The Kier molecular flexibility index (Phi) is 6.18. The minimum absolute atomic E-state index is 0.0831. The van der Waals surface area contributed by atoms with E-state index in [0.717, 1.165) is 24.3 Å². The summed E-state index contributed by atoms with van der Waals surface area (Å²) < 4.78 is 13.5. The van der Waals surface area contributed by atoms with Gasteiger partial charge in [-0.15, -0.1) is 0 Å². The lowest BCUT2D eigenvalue weighted by Crippen LogP contribution is -2.23. The van der Waals surface area contributed by atoms with Crippen molar-refractivity contribution in [1.29, 1.82) is 0 Å². The van der Waals surface area contributed by atoms with Crippen LogP contribution in [0.1, 0.15) is 19.4 Å². The van der Waals surface area contributed by atoms with Gasteiger partial charge in [-0.3, -0.25) is 4.79 Å². The van der Waals surface area contributed by atoms with E-state index >= 15 is 0 Å². The second kappa shape index (κ2) is 8.34. The molecule has 0 aliphatic carbocycles. The zero-order valence-corrected chi connectivity index (χ0v) is 14.4. The molecule has 2 N–H and O–H groups in total. The zero-order chi connectivity index (χ0) is 17.5. The highest BCUT2D eigenvalue weighted by Gasteiger charge is 2.08. The summed E-state index contributed by atoms with van der Waals surface area (Å²) >= 11 is 0. The molecule has 2 aromatic carbocycles. The first-order valence-corrected chi connectivity index (χ1v) is 8.19. The molecular formula is C19H24FN3O. The van der Waals surface area contributed by atoms with Gasteiger partial charge in [0.2, 0.25) is 5.91 Å². The third kappa shape index (κ3) is 4.47. The molecule has 1 amide bonds. The first-order chi connectivity index (χ1) is 11.5. The van der Waals surface area contributed by atoms with Gasteiger partial charge in [-0.05, 0) is 56.7 Å². The van der Waals surface area contributed by atoms with Gasteiger partial charge in [-0.25, -0.2) is 4.39 Å². The van der Waals surface area contributed by atoms with Gasteiger partial charge in [0, 0.05) is 24.5 Å². The number of rotatable bonds is 7. The number of nitrogens with zero attached hydrogens (tertiary/aromatic N) is 1. The van der Waals surface area contributed by atoms with Crippen LogP contribution in [-0.4, -0.2) is 25.5 Å². The van der Waals surface area contributed by atoms with Crippen molar-refractivity contribution in [3.05, 3.63) is 53.8 Å². The van der Waals surface area contributed by atoms with E-state index in [1.807, 2.05) is 19.1 Å². The predicted molar refractivity (Wildman–Crippen MR) is 98.3 cm³/mol. The summed E-state index contributed by atoms with van der Waals surface area (Å²) in [5, 5.41) is 5.66. The number of amides is 1. The minimum atomic E-state index is -0.439. The smallest absolute Gasteiger partial charge is 0.243 e. The van der Waals surface area contributed by atoms with E-state index in [0.29, 0.717) is 0 Å². The van der Waals surface area contributed by atoms with Crippen molar-refractivity contribution in [2.75, 3.05) is 35.2 Å². The molecule has 0 heterocycles. The van der Waals surface area contributed by atoms with E-state index in [1.165, 1.54) is 17.8 Å². The van der Waals surface area contributed by atoms with E-state index in [2.05, 4.69) is 35.4 Å². The monoisotopic (exact) mass is 329 g/mol. The molecule has 4 nitrogen and oxygen atoms in total. The molecule has 0 bridgehead atoms. The summed E-state index contributed by atoms with van der Waals surface area (Å²) in [6.45, 7) is 8.24. The maximum Gasteiger partial charge on any atom is 0.243 e. The molecule has 128 valence electrons. The Bertz CT molecular complexity index is 699. The van der Waals surface area contributed by atoms with Crippen molar-refractivity contribution in [3.63, 3.8) is 0 Å². The maximum atomic E-state index is 13.5. The average molecular weight is 329 g/mol. The quantitative estimate of drug-likeness (QED) is 0.806. The fraction of sp³-hybridized carbons (Fsp3) is 0.316. The number of carbonyl (C=O) groups excluding carboxylic acids is 1. The van der Waals surface area contributed by atoms with Crippen LogP contribution in [0.2, 0.25) is 0 Å². The Hall–Kier alpha value is -2.56. The third-order valence-electron chi connectivity index (χ3n) is 3.93. The number of carbonyl (C=O) groups is 1. The summed E-state index contributed by atoms with van der Waals surface area (Å²) in [4.78, 5) is 14.2. The summed E-state index contributed by atoms with van der Waals surface area (Å²) in [7, 11) is 0. The molecule has 0 radical (unpaired) electrons. The first kappa shape index (κ1) is 17.8. The Morgan fingerprint density at radius 2 is 1.79 bits per heavy atom. The van der Waals surface area contributed by atoms with E-state index in [4.69, 9.17) is 0 Å². The molecule has 0 unspecified atom stereocenters. The SMILES string of the molecule is CCN(CC)c1ccc(NCC(=O)Nc2ccccc2F)c(C)c1. The van der Waals surface area contributed by atoms with Crippen LogP contribution >= 0.6 is 0 Å². The summed E-state index contributed by atoms with van der Waals surface area (Å²) in [6.07, 6.45) is 0. The van der Waals surface area contributed by atoms with Crippen LogP contribution in [0.3, 0.4) is 0 Å². The van der Waals surface area contributed by atoms with Gasteiger partial charge in [0.05, 0.1) is 12.2 Å². The van der Waals surface area contributed by atoms with E-state index in [1.54, 1.807) is 12.1 Å². The molecule has 0 saturated heterocycles. The van der Waals surface area contributed by atoms with Crippen LogP contribution in [-0.2, 0) is 4.79 Å². The Labute approximate surface area is 142 Å². The van der Waals surface area contributed by atoms with Crippen LogP contribution in [0.4, 0.5) is 21.5 Å². The van der Waals surface area contributed by atoms with Crippen LogP contribution in [0.5, 0.6) is 0 Å². The fourth-order valence-electron chi connectivity index (χ4n) is 2.56. The van der Waals surface area contributed by atoms with Gasteiger partial charge >= 0.3 is 0 Å². The van der Waals surface area contributed by atoms with Crippen molar-refractivity contribution in [2.24, 2.45) is 0 Å². The van der Waals surface area contributed by atoms with Crippen molar-refractivity contribution >= 4 is 23.0 Å². The van der Waals surface area contributed by atoms with Gasteiger partial charge in [-0.1, -0.05) is 12.1 Å². The second-order valence-corrected chi connectivity index (χ2v) is 5.55. The predicted octanol–water partition coefficient (Wildman–Crippen LogP) is 4.03. The number of hydrogen-bond donors (Lipinski definition) is 2. The molecule has 0 aliphatic rings. The van der Waals surface area contributed by atoms with Crippen LogP contribution in [0.15, 0.2) is 42.5 Å². The van der Waals surface area contributed by atoms with E-state index < -0.39 is 5.82 Å². The molecule has 0 aromatic heterocycles. The molecule has 0 spiro atoms. The van der Waals surface area contributed by atoms with Gasteiger partial charge in [-0.2, -0.15) is 0 Å². The molecule has 0 saturated carbocycles. The number of aryl methyl sites for hydroxylation is 1. The molecule has 5 heteroatoms. The number of nitrogens with one attached hydrogen (secondary N) is 2. The Morgan fingerprint density at radius 3 is 2.42 bits per heavy atom. The minimum Gasteiger partial charge on any atom is -0.376 e. The number of halogens is 1. The normalized spacial score (nSPS) is 10.3. The standard InChI is InChI=1S/C19H24FN3O/c1-4-23(5-2)15-10-11-17(14(3)12-15)21-13-19(24)22-18-9-7-6-8-16(18)20/h6-12,21H,4-5,13H2,1-3H3,(H,22,24). The highest BCUT2D eigenvalue weighted by atomic mass is 19.1. The lowest BCUT2D eigenvalue weighted by molar-refractivity contribution is -0.114. The fourth-order valence-corrected chi connectivity index (χ4v) is 2.56. The second-order valence-electron chi connectivity index (χ2n) is 5.55. The van der Waals surface area contributed by atoms with Gasteiger partial charge in [0.25, 0.3) is 0 Å². The van der Waals surface area contributed by atoms with Gasteiger partial charge in [0.1, 0.15) is 5.82 Å². The molecule has 2 rings (SSSR count). The third-order valence-corrected chi connectivity index (χ3v) is 3.93. The Morgan fingerprint density at radius 1 is 1.08 bits per heavy atom. The summed E-state index contributed by atoms with van der Waals surface area (Å²) in [6, 6.07) is 12.2. The van der Waals surface area contributed by atoms with Crippen LogP contribution < -0.4 is 15.5 Å². The van der Waals surface area contributed by atoms with Crippen molar-refractivity contribution < 1.29 is 9.18 Å². The molecule has 0 fully saturated rings. The number of benzene rings is 2. The van der Waals surface area contributed by atoms with E-state index in [-0.39, 0.29) is 18.1 Å². The van der Waals surface area contributed by atoms with E-state index in [9.17, 15) is 9.18 Å².